The second kappa shape index (κ2) is 7.40. The molecule has 2 aliphatic rings. The molecule has 5 atom stereocenters. The van der Waals surface area contributed by atoms with Crippen molar-refractivity contribution in [3.8, 4) is 0 Å². The Bertz CT molecular complexity index is 876. The lowest BCUT2D eigenvalue weighted by molar-refractivity contribution is -0.122. The van der Waals surface area contributed by atoms with Gasteiger partial charge in [0.15, 0.2) is 0 Å². The number of methoxy groups -OCH3 is 1. The van der Waals surface area contributed by atoms with Crippen molar-refractivity contribution in [1.29, 1.82) is 0 Å². The Morgan fingerprint density at radius 2 is 2.07 bits per heavy atom. The van der Waals surface area contributed by atoms with Gasteiger partial charge in [-0.2, -0.15) is 0 Å². The first-order valence-corrected chi connectivity index (χ1v) is 9.60. The maximum Gasteiger partial charge on any atom is 0.230 e. The van der Waals surface area contributed by atoms with Crippen molar-refractivity contribution in [3.63, 3.8) is 0 Å². The van der Waals surface area contributed by atoms with E-state index in [1.54, 1.807) is 31.5 Å². The van der Waals surface area contributed by atoms with Gasteiger partial charge in [0.2, 0.25) is 5.91 Å². The van der Waals surface area contributed by atoms with Gasteiger partial charge in [0, 0.05) is 37.0 Å². The number of hydrogen-bond acceptors (Lipinski definition) is 4. The average Bonchev–Trinajstić information content (AvgIpc) is 3.22. The van der Waals surface area contributed by atoms with Crippen LogP contribution in [-0.4, -0.2) is 36.3 Å². The molecule has 0 spiro atoms. The molecule has 3 heterocycles. The first-order valence-electron chi connectivity index (χ1n) is 8.84. The number of fused-ring (bicyclic) bond motifs is 2. The molecule has 2 aliphatic heterocycles. The van der Waals surface area contributed by atoms with Crippen LogP contribution in [0.1, 0.15) is 23.6 Å². The van der Waals surface area contributed by atoms with Gasteiger partial charge in [-0.05, 0) is 42.8 Å². The second-order valence-corrected chi connectivity index (χ2v) is 7.86. The largest absolute Gasteiger partial charge is 0.379 e. The molecule has 2 fully saturated rings. The number of ether oxygens (including phenoxy) is 2. The van der Waals surface area contributed by atoms with E-state index >= 15 is 0 Å². The summed E-state index contributed by atoms with van der Waals surface area (Å²) in [6, 6.07) is 9.03. The van der Waals surface area contributed by atoms with Crippen LogP contribution in [-0.2, 0) is 14.3 Å². The number of hydrogen-bond donors (Lipinski definition) is 1. The molecule has 1 aromatic carbocycles. The second-order valence-electron chi connectivity index (χ2n) is 7.05. The van der Waals surface area contributed by atoms with Gasteiger partial charge in [0.05, 0.1) is 34.3 Å². The molecule has 7 heteroatoms. The fourth-order valence-corrected chi connectivity index (χ4v) is 4.52. The summed E-state index contributed by atoms with van der Waals surface area (Å²) < 4.78 is 11.7. The number of anilines is 1. The summed E-state index contributed by atoms with van der Waals surface area (Å²) in [6.45, 7) is 1.94. The van der Waals surface area contributed by atoms with E-state index in [2.05, 4.69) is 10.3 Å². The van der Waals surface area contributed by atoms with Crippen LogP contribution in [0, 0.1) is 12.8 Å². The number of benzene rings is 1. The lowest BCUT2D eigenvalue weighted by Crippen LogP contribution is -2.41. The Kier molecular flexibility index (Phi) is 5.12. The maximum atomic E-state index is 13.1. The highest BCUT2D eigenvalue weighted by Crippen LogP contribution is 2.50. The lowest BCUT2D eigenvalue weighted by Gasteiger charge is -2.31. The minimum Gasteiger partial charge on any atom is -0.379 e. The minimum atomic E-state index is -0.308. The number of rotatable bonds is 4. The summed E-state index contributed by atoms with van der Waals surface area (Å²) in [4.78, 5) is 17.4. The van der Waals surface area contributed by atoms with Crippen molar-refractivity contribution < 1.29 is 14.3 Å². The van der Waals surface area contributed by atoms with Crippen molar-refractivity contribution in [2.24, 2.45) is 5.92 Å². The number of aryl methyl sites for hydroxylation is 1. The molecule has 27 heavy (non-hydrogen) atoms. The lowest BCUT2D eigenvalue weighted by atomic mass is 9.74. The molecule has 1 N–H and O–H groups in total. The molecule has 5 nitrogen and oxygen atoms in total. The van der Waals surface area contributed by atoms with Gasteiger partial charge in [-0.25, -0.2) is 0 Å². The number of nitrogens with one attached hydrogen (secondary N) is 1. The van der Waals surface area contributed by atoms with E-state index in [1.165, 1.54) is 0 Å². The fourth-order valence-electron chi connectivity index (χ4n) is 4.22. The highest BCUT2D eigenvalue weighted by Gasteiger charge is 2.57. The number of halogens is 2. The summed E-state index contributed by atoms with van der Waals surface area (Å²) in [6.07, 6.45) is 2.14. The third kappa shape index (κ3) is 3.45. The van der Waals surface area contributed by atoms with Crippen LogP contribution in [0.25, 0.3) is 0 Å². The van der Waals surface area contributed by atoms with Crippen LogP contribution in [0.3, 0.4) is 0 Å². The number of pyridine rings is 1. The third-order valence-electron chi connectivity index (χ3n) is 5.40. The topological polar surface area (TPSA) is 60.5 Å². The van der Waals surface area contributed by atoms with Gasteiger partial charge in [0.1, 0.15) is 0 Å². The van der Waals surface area contributed by atoms with Gasteiger partial charge in [0.25, 0.3) is 0 Å². The van der Waals surface area contributed by atoms with Crippen molar-refractivity contribution in [1.82, 2.24) is 4.98 Å². The zero-order valence-corrected chi connectivity index (χ0v) is 16.5. The monoisotopic (exact) mass is 406 g/mol. The maximum absolute atomic E-state index is 13.1. The number of amides is 1. The van der Waals surface area contributed by atoms with Crippen molar-refractivity contribution in [3.05, 3.63) is 57.8 Å². The Morgan fingerprint density at radius 3 is 2.78 bits per heavy atom. The van der Waals surface area contributed by atoms with Crippen LogP contribution in [0.2, 0.25) is 10.0 Å². The van der Waals surface area contributed by atoms with Gasteiger partial charge < -0.3 is 14.8 Å². The average molecular weight is 407 g/mol. The minimum absolute atomic E-state index is 0.0116. The normalized spacial score (nSPS) is 29.1. The van der Waals surface area contributed by atoms with E-state index < -0.39 is 0 Å². The Morgan fingerprint density at radius 1 is 1.26 bits per heavy atom. The van der Waals surface area contributed by atoms with Crippen molar-refractivity contribution in [2.75, 3.05) is 12.4 Å². The molecule has 142 valence electrons. The van der Waals surface area contributed by atoms with Crippen molar-refractivity contribution in [2.45, 2.75) is 37.6 Å². The molecule has 2 bridgehead atoms. The third-order valence-corrected chi connectivity index (χ3v) is 6.14. The zero-order valence-electron chi connectivity index (χ0n) is 15.0. The number of carbonyl (C=O) groups is 1. The van der Waals surface area contributed by atoms with Gasteiger partial charge in [-0.15, -0.1) is 0 Å². The van der Waals surface area contributed by atoms with Gasteiger partial charge in [-0.1, -0.05) is 23.2 Å². The van der Waals surface area contributed by atoms with Crippen LogP contribution in [0.5, 0.6) is 0 Å². The predicted molar refractivity (Wildman–Crippen MR) is 104 cm³/mol. The standard InChI is InChI=1S/C20H20Cl2N2O3/c1-10-7-11(5-6-23-10)17-18(15-9-16(26-2)19(17)27-15)20(25)24-12-3-4-13(21)14(22)8-12/h3-8,15-19H,9H2,1-2H3,(H,24,25)/t15-,16+,17-,18+,19+/m1/s1. The van der Waals surface area contributed by atoms with Crippen molar-refractivity contribution >= 4 is 34.8 Å². The Hall–Kier alpha value is -1.66. The molecule has 4 rings (SSSR count). The number of nitrogens with zero attached hydrogens (tertiary/aromatic N) is 1. The Labute approximate surface area is 168 Å². The Balaban J connectivity index is 1.63. The van der Waals surface area contributed by atoms with E-state index in [4.69, 9.17) is 32.7 Å². The molecule has 2 aromatic rings. The first-order chi connectivity index (χ1) is 13.0. The van der Waals surface area contributed by atoms with E-state index in [9.17, 15) is 4.79 Å². The molecule has 0 aliphatic carbocycles. The number of aromatic nitrogens is 1. The van der Waals surface area contributed by atoms with E-state index in [0.717, 1.165) is 11.3 Å². The van der Waals surface area contributed by atoms with E-state index in [-0.39, 0.29) is 36.1 Å². The summed E-state index contributed by atoms with van der Waals surface area (Å²) in [7, 11) is 1.69. The predicted octanol–water partition coefficient (Wildman–Crippen LogP) is 4.22. The highest BCUT2D eigenvalue weighted by atomic mass is 35.5. The van der Waals surface area contributed by atoms with Crippen LogP contribution >= 0.6 is 23.2 Å². The van der Waals surface area contributed by atoms with Crippen LogP contribution in [0.15, 0.2) is 36.5 Å². The molecular formula is C20H20Cl2N2O3. The number of carbonyl (C=O) groups excluding carboxylic acids is 1. The summed E-state index contributed by atoms with van der Waals surface area (Å²) in [5, 5.41) is 3.82. The molecule has 0 saturated carbocycles. The van der Waals surface area contributed by atoms with E-state index in [0.29, 0.717) is 22.2 Å². The highest BCUT2D eigenvalue weighted by molar-refractivity contribution is 6.42. The van der Waals surface area contributed by atoms with Gasteiger partial charge in [-0.3, -0.25) is 9.78 Å². The van der Waals surface area contributed by atoms with Crippen LogP contribution in [0.4, 0.5) is 5.69 Å². The smallest absolute Gasteiger partial charge is 0.230 e. The molecule has 1 amide bonds. The molecule has 1 aromatic heterocycles. The first kappa shape index (κ1) is 18.7. The summed E-state index contributed by atoms with van der Waals surface area (Å²) >= 11 is 12.0. The molecule has 2 saturated heterocycles. The molecule has 0 radical (unpaired) electrons. The summed E-state index contributed by atoms with van der Waals surface area (Å²) in [5.74, 6) is -0.481. The van der Waals surface area contributed by atoms with Gasteiger partial charge >= 0.3 is 0 Å². The summed E-state index contributed by atoms with van der Waals surface area (Å²) in [5.41, 5.74) is 2.57. The van der Waals surface area contributed by atoms with Crippen LogP contribution < -0.4 is 5.32 Å². The fraction of sp³-hybridized carbons (Fsp3) is 0.400. The molecule has 0 unspecified atom stereocenters. The van der Waals surface area contributed by atoms with E-state index in [1.807, 2.05) is 19.1 Å². The quantitative estimate of drug-likeness (QED) is 0.825. The molecular weight excluding hydrogens is 387 g/mol. The SMILES string of the molecule is CO[C@H]1C[C@H]2O[C@@H]1[C@H](c1ccnc(C)c1)[C@H]2C(=O)Nc1ccc(Cl)c(Cl)c1. The zero-order chi connectivity index (χ0) is 19.1.